The molecule has 11 heavy (non-hydrogen) atoms. The van der Waals surface area contributed by atoms with Crippen LogP contribution in [0.4, 0.5) is 0 Å². The van der Waals surface area contributed by atoms with Crippen molar-refractivity contribution in [3.8, 4) is 0 Å². The molecule has 0 bridgehead atoms. The monoisotopic (exact) mass is 154 g/mol. The van der Waals surface area contributed by atoms with Crippen molar-refractivity contribution in [2.24, 2.45) is 5.92 Å². The summed E-state index contributed by atoms with van der Waals surface area (Å²) in [6, 6.07) is 0. The van der Waals surface area contributed by atoms with Gasteiger partial charge in [-0.05, 0) is 51.7 Å². The molecule has 2 N–H and O–H groups in total. The fourth-order valence-corrected chi connectivity index (χ4v) is 2.15. The van der Waals surface area contributed by atoms with Gasteiger partial charge in [-0.15, -0.1) is 0 Å². The van der Waals surface area contributed by atoms with Crippen LogP contribution in [0.1, 0.15) is 25.7 Å². The predicted molar refractivity (Wildman–Crippen MR) is 46.6 cm³/mol. The Labute approximate surface area is 68.7 Å². The van der Waals surface area contributed by atoms with Crippen molar-refractivity contribution < 1.29 is 0 Å². The molecule has 1 atom stereocenters. The van der Waals surface area contributed by atoms with Crippen LogP contribution < -0.4 is 10.6 Å². The average Bonchev–Trinajstić information content (AvgIpc) is 2.59. The van der Waals surface area contributed by atoms with Crippen molar-refractivity contribution in [1.82, 2.24) is 10.6 Å². The average molecular weight is 154 g/mol. The van der Waals surface area contributed by atoms with E-state index in [0.717, 1.165) is 5.92 Å². The molecule has 0 spiro atoms. The van der Waals surface area contributed by atoms with Gasteiger partial charge in [0.2, 0.25) is 0 Å². The molecule has 2 rings (SSSR count). The predicted octanol–water partition coefficient (Wildman–Crippen LogP) is 0.738. The Balaban J connectivity index is 1.80. The van der Waals surface area contributed by atoms with Gasteiger partial charge in [0, 0.05) is 5.54 Å². The molecule has 1 unspecified atom stereocenters. The van der Waals surface area contributed by atoms with E-state index in [1.807, 2.05) is 0 Å². The van der Waals surface area contributed by atoms with Crippen LogP contribution in [0.2, 0.25) is 0 Å². The smallest absolute Gasteiger partial charge is 0.0183 e. The summed E-state index contributed by atoms with van der Waals surface area (Å²) in [6.07, 6.45) is 5.60. The minimum atomic E-state index is 0.566. The fraction of sp³-hybridized carbons (Fsp3) is 1.00. The van der Waals surface area contributed by atoms with Crippen LogP contribution in [-0.4, -0.2) is 25.7 Å². The third-order valence-corrected chi connectivity index (χ3v) is 3.23. The lowest BCUT2D eigenvalue weighted by molar-refractivity contribution is 0.405. The third kappa shape index (κ3) is 1.57. The number of hydrogen-bond donors (Lipinski definition) is 2. The third-order valence-electron chi connectivity index (χ3n) is 3.23. The highest BCUT2D eigenvalue weighted by Gasteiger charge is 2.42. The second kappa shape index (κ2) is 2.76. The molecular formula is C9H18N2. The van der Waals surface area contributed by atoms with Crippen LogP contribution in [0, 0.1) is 5.92 Å². The Bertz CT molecular complexity index is 134. The summed E-state index contributed by atoms with van der Waals surface area (Å²) in [5.41, 5.74) is 0.566. The molecule has 2 fully saturated rings. The second-order valence-electron chi connectivity index (χ2n) is 4.09. The van der Waals surface area contributed by atoms with Gasteiger partial charge in [-0.2, -0.15) is 0 Å². The van der Waals surface area contributed by atoms with E-state index in [2.05, 4.69) is 17.7 Å². The van der Waals surface area contributed by atoms with Gasteiger partial charge in [0.05, 0.1) is 0 Å². The fourth-order valence-electron chi connectivity index (χ4n) is 2.15. The highest BCUT2D eigenvalue weighted by Crippen LogP contribution is 2.41. The molecule has 1 aliphatic heterocycles. The topological polar surface area (TPSA) is 24.1 Å². The maximum Gasteiger partial charge on any atom is 0.0183 e. The van der Waals surface area contributed by atoms with E-state index in [1.165, 1.54) is 38.8 Å². The molecule has 2 nitrogen and oxygen atoms in total. The van der Waals surface area contributed by atoms with Crippen LogP contribution >= 0.6 is 0 Å². The molecular weight excluding hydrogens is 136 g/mol. The van der Waals surface area contributed by atoms with Gasteiger partial charge in [0.1, 0.15) is 0 Å². The standard InChI is InChI=1S/C9H18N2/c1-10-9(3-4-9)6-8-2-5-11-7-8/h8,10-11H,2-7H2,1H3. The first-order chi connectivity index (χ1) is 5.35. The van der Waals surface area contributed by atoms with Crippen LogP contribution in [0.3, 0.4) is 0 Å². The first-order valence-electron chi connectivity index (χ1n) is 4.74. The molecule has 1 saturated carbocycles. The van der Waals surface area contributed by atoms with Crippen LogP contribution in [0.5, 0.6) is 0 Å². The zero-order valence-electron chi connectivity index (χ0n) is 7.32. The van der Waals surface area contributed by atoms with Crippen molar-refractivity contribution in [1.29, 1.82) is 0 Å². The van der Waals surface area contributed by atoms with Crippen molar-refractivity contribution >= 4 is 0 Å². The minimum absolute atomic E-state index is 0.566. The van der Waals surface area contributed by atoms with Crippen molar-refractivity contribution in [3.63, 3.8) is 0 Å². The van der Waals surface area contributed by atoms with Gasteiger partial charge in [-0.25, -0.2) is 0 Å². The lowest BCUT2D eigenvalue weighted by Crippen LogP contribution is -2.30. The van der Waals surface area contributed by atoms with Gasteiger partial charge in [0.15, 0.2) is 0 Å². The first-order valence-corrected chi connectivity index (χ1v) is 4.74. The minimum Gasteiger partial charge on any atom is -0.316 e. The van der Waals surface area contributed by atoms with E-state index < -0.39 is 0 Å². The van der Waals surface area contributed by atoms with E-state index in [4.69, 9.17) is 0 Å². The van der Waals surface area contributed by atoms with E-state index >= 15 is 0 Å². The van der Waals surface area contributed by atoms with Gasteiger partial charge in [0.25, 0.3) is 0 Å². The summed E-state index contributed by atoms with van der Waals surface area (Å²) in [7, 11) is 2.11. The van der Waals surface area contributed by atoms with Crippen LogP contribution in [0.15, 0.2) is 0 Å². The maximum atomic E-state index is 3.45. The molecule has 1 saturated heterocycles. The maximum absolute atomic E-state index is 3.45. The lowest BCUT2D eigenvalue weighted by Gasteiger charge is -2.17. The second-order valence-corrected chi connectivity index (χ2v) is 4.09. The Kier molecular flexibility index (Phi) is 1.90. The summed E-state index contributed by atoms with van der Waals surface area (Å²) in [4.78, 5) is 0. The van der Waals surface area contributed by atoms with Crippen LogP contribution in [-0.2, 0) is 0 Å². The highest BCUT2D eigenvalue weighted by atomic mass is 15.0. The molecule has 0 aromatic rings. The van der Waals surface area contributed by atoms with Crippen molar-refractivity contribution in [3.05, 3.63) is 0 Å². The van der Waals surface area contributed by atoms with Crippen LogP contribution in [0.25, 0.3) is 0 Å². The molecule has 0 aromatic carbocycles. The van der Waals surface area contributed by atoms with Crippen molar-refractivity contribution in [2.75, 3.05) is 20.1 Å². The summed E-state index contributed by atoms with van der Waals surface area (Å²) < 4.78 is 0. The normalized spacial score (nSPS) is 34.1. The van der Waals surface area contributed by atoms with E-state index in [9.17, 15) is 0 Å². The van der Waals surface area contributed by atoms with Crippen molar-refractivity contribution in [2.45, 2.75) is 31.2 Å². The Morgan fingerprint density at radius 3 is 2.82 bits per heavy atom. The van der Waals surface area contributed by atoms with Gasteiger partial charge in [-0.3, -0.25) is 0 Å². The first kappa shape index (κ1) is 7.56. The zero-order valence-corrected chi connectivity index (χ0v) is 7.32. The quantitative estimate of drug-likeness (QED) is 0.626. The number of hydrogen-bond acceptors (Lipinski definition) is 2. The number of rotatable bonds is 3. The molecule has 0 amide bonds. The number of nitrogens with one attached hydrogen (secondary N) is 2. The Morgan fingerprint density at radius 2 is 2.36 bits per heavy atom. The van der Waals surface area contributed by atoms with Gasteiger partial charge < -0.3 is 10.6 Å². The Morgan fingerprint density at radius 1 is 1.55 bits per heavy atom. The summed E-state index contributed by atoms with van der Waals surface area (Å²) >= 11 is 0. The molecule has 2 aliphatic rings. The highest BCUT2D eigenvalue weighted by molar-refractivity contribution is 5.02. The largest absolute Gasteiger partial charge is 0.316 e. The summed E-state index contributed by atoms with van der Waals surface area (Å²) in [5.74, 6) is 0.949. The van der Waals surface area contributed by atoms with Gasteiger partial charge >= 0.3 is 0 Å². The molecule has 1 aliphatic carbocycles. The molecule has 0 radical (unpaired) electrons. The Hall–Kier alpha value is -0.0800. The van der Waals surface area contributed by atoms with Gasteiger partial charge in [-0.1, -0.05) is 0 Å². The molecule has 0 aromatic heterocycles. The van der Waals surface area contributed by atoms with E-state index in [-0.39, 0.29) is 0 Å². The molecule has 1 heterocycles. The molecule has 64 valence electrons. The van der Waals surface area contributed by atoms with E-state index in [0.29, 0.717) is 5.54 Å². The van der Waals surface area contributed by atoms with E-state index in [1.54, 1.807) is 0 Å². The summed E-state index contributed by atoms with van der Waals surface area (Å²) in [6.45, 7) is 2.49. The SMILES string of the molecule is CNC1(CC2CCNC2)CC1. The lowest BCUT2D eigenvalue weighted by atomic mass is 9.98. The molecule has 2 heteroatoms. The summed E-state index contributed by atoms with van der Waals surface area (Å²) in [5, 5.41) is 6.87. The zero-order chi connectivity index (χ0) is 7.73.